The molecule has 3 aromatic rings. The molecule has 2 heterocycles. The number of nitrogens with one attached hydrogen (secondary N) is 2. The highest BCUT2D eigenvalue weighted by Gasteiger charge is 2.20. The van der Waals surface area contributed by atoms with E-state index in [1.165, 1.54) is 6.07 Å². The lowest BCUT2D eigenvalue weighted by Crippen LogP contribution is -2.34. The molecular formula is C21H22N4O3S. The quantitative estimate of drug-likeness (QED) is 0.690. The maximum absolute atomic E-state index is 12.9. The molecule has 0 bridgehead atoms. The maximum atomic E-state index is 12.9. The van der Waals surface area contributed by atoms with E-state index in [4.69, 9.17) is 0 Å². The Morgan fingerprint density at radius 1 is 1.00 bits per heavy atom. The molecule has 1 aromatic heterocycles. The van der Waals surface area contributed by atoms with Gasteiger partial charge < -0.3 is 10.2 Å². The average Bonchev–Trinajstić information content (AvgIpc) is 3.03. The van der Waals surface area contributed by atoms with Crippen LogP contribution in [0, 0.1) is 0 Å². The van der Waals surface area contributed by atoms with Gasteiger partial charge in [0.05, 0.1) is 5.52 Å². The van der Waals surface area contributed by atoms with Gasteiger partial charge in [0.2, 0.25) is 0 Å². The number of anilines is 1. The molecule has 0 radical (unpaired) electrons. The molecule has 0 saturated carbocycles. The summed E-state index contributed by atoms with van der Waals surface area (Å²) in [7, 11) is -3.81. The van der Waals surface area contributed by atoms with E-state index in [9.17, 15) is 13.2 Å². The second kappa shape index (κ2) is 8.18. The first kappa shape index (κ1) is 19.4. The molecule has 4 rings (SSSR count). The molecule has 7 nitrogen and oxygen atoms in total. The minimum atomic E-state index is -3.81. The minimum Gasteiger partial charge on any atom is -0.337 e. The first-order chi connectivity index (χ1) is 14.0. The fraction of sp³-hybridized carbons (Fsp3) is 0.238. The first-order valence-corrected chi connectivity index (χ1v) is 11.0. The summed E-state index contributed by atoms with van der Waals surface area (Å²) in [6, 6.07) is 15.2. The van der Waals surface area contributed by atoms with Gasteiger partial charge in [-0.25, -0.2) is 8.42 Å². The summed E-state index contributed by atoms with van der Waals surface area (Å²) in [6.07, 6.45) is 2.49. The summed E-state index contributed by atoms with van der Waals surface area (Å²) in [6.45, 7) is 3.08. The number of hydrogen-bond donors (Lipinski definition) is 2. The molecule has 8 heteroatoms. The third-order valence-electron chi connectivity index (χ3n) is 4.90. The molecule has 0 unspecified atom stereocenters. The predicted octanol–water partition coefficient (Wildman–Crippen LogP) is 2.47. The van der Waals surface area contributed by atoms with Gasteiger partial charge in [-0.1, -0.05) is 18.2 Å². The van der Waals surface area contributed by atoms with Gasteiger partial charge in [-0.2, -0.15) is 0 Å². The molecule has 1 amide bonds. The van der Waals surface area contributed by atoms with Gasteiger partial charge in [0.25, 0.3) is 15.9 Å². The van der Waals surface area contributed by atoms with Crippen molar-refractivity contribution in [2.45, 2.75) is 11.3 Å². The highest BCUT2D eigenvalue weighted by molar-refractivity contribution is 7.93. The van der Waals surface area contributed by atoms with Crippen LogP contribution in [0.25, 0.3) is 10.9 Å². The molecule has 1 saturated heterocycles. The third-order valence-corrected chi connectivity index (χ3v) is 6.31. The zero-order chi connectivity index (χ0) is 20.3. The van der Waals surface area contributed by atoms with Crippen LogP contribution in [0.2, 0.25) is 0 Å². The Bertz CT molecular complexity index is 1120. The number of aromatic nitrogens is 1. The Labute approximate surface area is 169 Å². The fourth-order valence-electron chi connectivity index (χ4n) is 3.42. The van der Waals surface area contributed by atoms with E-state index in [0.717, 1.165) is 24.9 Å². The third kappa shape index (κ3) is 4.23. The van der Waals surface area contributed by atoms with Gasteiger partial charge in [-0.15, -0.1) is 0 Å². The van der Waals surface area contributed by atoms with Crippen molar-refractivity contribution in [3.05, 3.63) is 66.4 Å². The standard InChI is InChI=1S/C21H22N4O3S/c26-21(25-14-3-11-22-13-15-25)17-7-9-18(10-8-17)24-29(27,28)19-6-1-4-16-5-2-12-23-20(16)19/h1-2,4-10,12,22,24H,3,11,13-15H2. The first-order valence-electron chi connectivity index (χ1n) is 9.51. The number of benzene rings is 2. The van der Waals surface area contributed by atoms with Crippen molar-refractivity contribution in [1.82, 2.24) is 15.2 Å². The smallest absolute Gasteiger partial charge is 0.264 e. The lowest BCUT2D eigenvalue weighted by molar-refractivity contribution is 0.0766. The van der Waals surface area contributed by atoms with Gasteiger partial charge in [0.15, 0.2) is 0 Å². The van der Waals surface area contributed by atoms with Crippen molar-refractivity contribution >= 4 is 32.5 Å². The van der Waals surface area contributed by atoms with Gasteiger partial charge >= 0.3 is 0 Å². The Balaban J connectivity index is 1.54. The summed E-state index contributed by atoms with van der Waals surface area (Å²) in [4.78, 5) is 18.8. The molecule has 1 aliphatic heterocycles. The number of para-hydroxylation sites is 1. The van der Waals surface area contributed by atoms with Gasteiger partial charge in [0, 0.05) is 42.5 Å². The van der Waals surface area contributed by atoms with E-state index in [0.29, 0.717) is 29.9 Å². The highest BCUT2D eigenvalue weighted by Crippen LogP contribution is 2.23. The number of hydrogen-bond acceptors (Lipinski definition) is 5. The Morgan fingerprint density at radius 2 is 1.79 bits per heavy atom. The van der Waals surface area contributed by atoms with E-state index < -0.39 is 10.0 Å². The van der Waals surface area contributed by atoms with Crippen LogP contribution in [-0.4, -0.2) is 50.4 Å². The van der Waals surface area contributed by atoms with Crippen LogP contribution < -0.4 is 10.0 Å². The average molecular weight is 410 g/mol. The molecule has 150 valence electrons. The molecule has 0 atom stereocenters. The molecule has 0 spiro atoms. The Morgan fingerprint density at radius 3 is 2.62 bits per heavy atom. The number of carbonyl (C=O) groups is 1. The second-order valence-corrected chi connectivity index (χ2v) is 8.56. The molecule has 2 aromatic carbocycles. The Hall–Kier alpha value is -2.97. The van der Waals surface area contributed by atoms with Crippen molar-refractivity contribution in [3.63, 3.8) is 0 Å². The van der Waals surface area contributed by atoms with E-state index in [2.05, 4.69) is 15.0 Å². The molecule has 0 aliphatic carbocycles. The summed E-state index contributed by atoms with van der Waals surface area (Å²) < 4.78 is 28.4. The molecule has 1 fully saturated rings. The second-order valence-electron chi connectivity index (χ2n) is 6.91. The van der Waals surface area contributed by atoms with E-state index in [-0.39, 0.29) is 10.8 Å². The number of nitrogens with zero attached hydrogens (tertiary/aromatic N) is 2. The SMILES string of the molecule is O=C(c1ccc(NS(=O)(=O)c2cccc3cccnc23)cc1)N1CCCNCC1. The summed E-state index contributed by atoms with van der Waals surface area (Å²) in [5, 5.41) is 4.02. The van der Waals surface area contributed by atoms with Crippen molar-refractivity contribution in [1.29, 1.82) is 0 Å². The van der Waals surface area contributed by atoms with E-state index >= 15 is 0 Å². The molecule has 2 N–H and O–H groups in total. The van der Waals surface area contributed by atoms with Crippen LogP contribution in [-0.2, 0) is 10.0 Å². The zero-order valence-corrected chi connectivity index (χ0v) is 16.7. The van der Waals surface area contributed by atoms with Crippen LogP contribution in [0.5, 0.6) is 0 Å². The highest BCUT2D eigenvalue weighted by atomic mass is 32.2. The lowest BCUT2D eigenvalue weighted by Gasteiger charge is -2.20. The normalized spacial score (nSPS) is 15.1. The van der Waals surface area contributed by atoms with Crippen molar-refractivity contribution in [2.24, 2.45) is 0 Å². The zero-order valence-electron chi connectivity index (χ0n) is 15.8. The molecule has 1 aliphatic rings. The van der Waals surface area contributed by atoms with Gasteiger partial charge in [-0.05, 0) is 49.4 Å². The number of fused-ring (bicyclic) bond motifs is 1. The summed E-state index contributed by atoms with van der Waals surface area (Å²) in [5.74, 6) is -0.0404. The van der Waals surface area contributed by atoms with Crippen LogP contribution in [0.1, 0.15) is 16.8 Å². The van der Waals surface area contributed by atoms with Gasteiger partial charge in [0.1, 0.15) is 4.90 Å². The lowest BCUT2D eigenvalue weighted by atomic mass is 10.2. The summed E-state index contributed by atoms with van der Waals surface area (Å²) in [5.41, 5.74) is 1.36. The molecular weight excluding hydrogens is 388 g/mol. The van der Waals surface area contributed by atoms with E-state index in [1.807, 2.05) is 17.0 Å². The largest absolute Gasteiger partial charge is 0.337 e. The van der Waals surface area contributed by atoms with Crippen LogP contribution in [0.15, 0.2) is 65.7 Å². The number of amides is 1. The topological polar surface area (TPSA) is 91.4 Å². The number of rotatable bonds is 4. The van der Waals surface area contributed by atoms with Crippen LogP contribution in [0.4, 0.5) is 5.69 Å². The minimum absolute atomic E-state index is 0.0404. The Kier molecular flexibility index (Phi) is 5.46. The van der Waals surface area contributed by atoms with Crippen LogP contribution >= 0.6 is 0 Å². The van der Waals surface area contributed by atoms with Crippen molar-refractivity contribution < 1.29 is 13.2 Å². The predicted molar refractivity (Wildman–Crippen MR) is 112 cm³/mol. The number of sulfonamides is 1. The monoisotopic (exact) mass is 410 g/mol. The summed E-state index contributed by atoms with van der Waals surface area (Å²) >= 11 is 0. The van der Waals surface area contributed by atoms with Crippen molar-refractivity contribution in [3.8, 4) is 0 Å². The number of pyridine rings is 1. The maximum Gasteiger partial charge on any atom is 0.264 e. The van der Waals surface area contributed by atoms with Gasteiger partial charge in [-0.3, -0.25) is 14.5 Å². The molecule has 29 heavy (non-hydrogen) atoms. The van der Waals surface area contributed by atoms with Crippen LogP contribution in [0.3, 0.4) is 0 Å². The van der Waals surface area contributed by atoms with E-state index in [1.54, 1.807) is 42.6 Å². The fourth-order valence-corrected chi connectivity index (χ4v) is 4.65. The van der Waals surface area contributed by atoms with Crippen molar-refractivity contribution in [2.75, 3.05) is 30.9 Å². The number of carbonyl (C=O) groups excluding carboxylic acids is 1.